The van der Waals surface area contributed by atoms with Crippen molar-refractivity contribution < 1.29 is 27.4 Å². The first-order valence-electron chi connectivity index (χ1n) is 8.33. The zero-order valence-corrected chi connectivity index (χ0v) is 15.3. The summed E-state index contributed by atoms with van der Waals surface area (Å²) in [6, 6.07) is 3.48. The van der Waals surface area contributed by atoms with E-state index in [0.29, 0.717) is 13.0 Å². The van der Waals surface area contributed by atoms with E-state index in [4.69, 9.17) is 9.47 Å². The Labute approximate surface area is 146 Å². The van der Waals surface area contributed by atoms with Crippen molar-refractivity contribution in [3.8, 4) is 5.75 Å². The minimum Gasteiger partial charge on any atom is -0.493 e. The van der Waals surface area contributed by atoms with Gasteiger partial charge < -0.3 is 14.8 Å². The second-order valence-electron chi connectivity index (χ2n) is 6.36. The van der Waals surface area contributed by atoms with Crippen LogP contribution in [0.5, 0.6) is 5.75 Å². The molecule has 0 spiro atoms. The van der Waals surface area contributed by atoms with Gasteiger partial charge in [-0.3, -0.25) is 4.79 Å². The van der Waals surface area contributed by atoms with Crippen LogP contribution in [0.2, 0.25) is 0 Å². The van der Waals surface area contributed by atoms with Gasteiger partial charge in [0.15, 0.2) is 0 Å². The SMILES string of the molecule is CCOc1ccc(NC(=O)C(C)(CC(C)C)OCC)cc1C(F)(F)F. The first-order valence-corrected chi connectivity index (χ1v) is 8.33. The average Bonchev–Trinajstić information content (AvgIpc) is 2.47. The molecular formula is C18H26F3NO3. The van der Waals surface area contributed by atoms with Crippen molar-refractivity contribution >= 4 is 11.6 Å². The van der Waals surface area contributed by atoms with Crippen LogP contribution < -0.4 is 10.1 Å². The van der Waals surface area contributed by atoms with Crippen molar-refractivity contribution in [1.29, 1.82) is 0 Å². The van der Waals surface area contributed by atoms with Crippen LogP contribution in [0.15, 0.2) is 18.2 Å². The van der Waals surface area contributed by atoms with Gasteiger partial charge in [0.05, 0.1) is 12.2 Å². The first-order chi connectivity index (χ1) is 11.5. The quantitative estimate of drug-likeness (QED) is 0.718. The number of rotatable bonds is 8. The molecule has 4 nitrogen and oxygen atoms in total. The van der Waals surface area contributed by atoms with E-state index in [1.54, 1.807) is 20.8 Å². The monoisotopic (exact) mass is 361 g/mol. The number of ether oxygens (including phenoxy) is 2. The largest absolute Gasteiger partial charge is 0.493 e. The summed E-state index contributed by atoms with van der Waals surface area (Å²) >= 11 is 0. The molecule has 25 heavy (non-hydrogen) atoms. The zero-order chi connectivity index (χ0) is 19.3. The number of carbonyl (C=O) groups is 1. The Morgan fingerprint density at radius 2 is 1.84 bits per heavy atom. The summed E-state index contributed by atoms with van der Waals surface area (Å²) in [5.74, 6) is -0.545. The fourth-order valence-corrected chi connectivity index (χ4v) is 2.69. The van der Waals surface area contributed by atoms with Crippen molar-refractivity contribution in [1.82, 2.24) is 0 Å². The Bertz CT molecular complexity index is 587. The molecule has 1 amide bonds. The molecule has 0 heterocycles. The van der Waals surface area contributed by atoms with E-state index in [1.807, 2.05) is 13.8 Å². The van der Waals surface area contributed by atoms with Gasteiger partial charge in [-0.15, -0.1) is 0 Å². The lowest BCUT2D eigenvalue weighted by Crippen LogP contribution is -2.44. The zero-order valence-electron chi connectivity index (χ0n) is 15.3. The van der Waals surface area contributed by atoms with Crippen LogP contribution >= 0.6 is 0 Å². The molecule has 0 saturated heterocycles. The predicted molar refractivity (Wildman–Crippen MR) is 90.7 cm³/mol. The van der Waals surface area contributed by atoms with E-state index in [1.165, 1.54) is 12.1 Å². The summed E-state index contributed by atoms with van der Waals surface area (Å²) in [6.45, 7) is 9.36. The third kappa shape index (κ3) is 5.92. The fourth-order valence-electron chi connectivity index (χ4n) is 2.69. The standard InChI is InChI=1S/C18H26F3NO3/c1-6-24-15-9-8-13(10-14(15)18(19,20)21)22-16(23)17(5,25-7-2)11-12(3)4/h8-10,12H,6-7,11H2,1-5H3,(H,22,23). The van der Waals surface area contributed by atoms with Crippen molar-refractivity contribution in [2.75, 3.05) is 18.5 Å². The number of nitrogens with one attached hydrogen (secondary N) is 1. The molecule has 1 atom stereocenters. The smallest absolute Gasteiger partial charge is 0.420 e. The summed E-state index contributed by atoms with van der Waals surface area (Å²) in [5, 5.41) is 2.54. The highest BCUT2D eigenvalue weighted by Gasteiger charge is 2.37. The normalized spacial score (nSPS) is 14.3. The number of anilines is 1. The molecular weight excluding hydrogens is 335 g/mol. The maximum atomic E-state index is 13.2. The van der Waals surface area contributed by atoms with E-state index in [2.05, 4.69) is 5.32 Å². The van der Waals surface area contributed by atoms with Gasteiger partial charge in [0.25, 0.3) is 5.91 Å². The number of hydrogen-bond donors (Lipinski definition) is 1. The number of hydrogen-bond acceptors (Lipinski definition) is 3. The average molecular weight is 361 g/mol. The number of alkyl halides is 3. The second-order valence-corrected chi connectivity index (χ2v) is 6.36. The van der Waals surface area contributed by atoms with Crippen LogP contribution in [0.25, 0.3) is 0 Å². The Kier molecular flexibility index (Phi) is 7.29. The number of benzene rings is 1. The van der Waals surface area contributed by atoms with Gasteiger partial charge in [-0.25, -0.2) is 0 Å². The molecule has 7 heteroatoms. The van der Waals surface area contributed by atoms with Crippen LogP contribution in [-0.2, 0) is 15.7 Å². The van der Waals surface area contributed by atoms with Gasteiger partial charge in [-0.05, 0) is 51.3 Å². The maximum Gasteiger partial charge on any atom is 0.420 e. The fraction of sp³-hybridized carbons (Fsp3) is 0.611. The summed E-state index contributed by atoms with van der Waals surface area (Å²) in [4.78, 5) is 12.6. The Morgan fingerprint density at radius 1 is 1.20 bits per heavy atom. The van der Waals surface area contributed by atoms with E-state index in [-0.39, 0.29) is 24.0 Å². The molecule has 142 valence electrons. The highest BCUT2D eigenvalue weighted by molar-refractivity contribution is 5.97. The molecule has 0 aliphatic rings. The summed E-state index contributed by atoms with van der Waals surface area (Å²) in [6.07, 6.45) is -4.12. The molecule has 1 rings (SSSR count). The Hall–Kier alpha value is -1.76. The van der Waals surface area contributed by atoms with Crippen molar-refractivity contribution in [2.24, 2.45) is 5.92 Å². The summed E-state index contributed by atoms with van der Waals surface area (Å²) in [7, 11) is 0. The molecule has 0 aromatic heterocycles. The van der Waals surface area contributed by atoms with Gasteiger partial charge in [-0.1, -0.05) is 13.8 Å². The van der Waals surface area contributed by atoms with Crippen molar-refractivity contribution in [2.45, 2.75) is 52.8 Å². The maximum absolute atomic E-state index is 13.2. The highest BCUT2D eigenvalue weighted by Crippen LogP contribution is 2.38. The summed E-state index contributed by atoms with van der Waals surface area (Å²) < 4.78 is 50.2. The Morgan fingerprint density at radius 3 is 2.32 bits per heavy atom. The third-order valence-corrected chi connectivity index (χ3v) is 3.58. The van der Waals surface area contributed by atoms with Gasteiger partial charge in [-0.2, -0.15) is 13.2 Å². The lowest BCUT2D eigenvalue weighted by atomic mass is 9.93. The number of halogens is 3. The van der Waals surface area contributed by atoms with Crippen LogP contribution in [0.1, 0.15) is 46.6 Å². The Balaban J connectivity index is 3.10. The number of carbonyl (C=O) groups excluding carboxylic acids is 1. The van der Waals surface area contributed by atoms with Gasteiger partial charge in [0.1, 0.15) is 11.4 Å². The molecule has 1 aromatic rings. The second kappa shape index (κ2) is 8.56. The van der Waals surface area contributed by atoms with Gasteiger partial charge >= 0.3 is 6.18 Å². The molecule has 1 unspecified atom stereocenters. The van der Waals surface area contributed by atoms with Crippen molar-refractivity contribution in [3.63, 3.8) is 0 Å². The molecule has 1 N–H and O–H groups in total. The predicted octanol–water partition coefficient (Wildman–Crippen LogP) is 4.88. The molecule has 0 radical (unpaired) electrons. The van der Waals surface area contributed by atoms with Gasteiger partial charge in [0, 0.05) is 12.3 Å². The minimum absolute atomic E-state index is 0.0514. The molecule has 1 aromatic carbocycles. The third-order valence-electron chi connectivity index (χ3n) is 3.58. The van der Waals surface area contributed by atoms with Gasteiger partial charge in [0.2, 0.25) is 0 Å². The summed E-state index contributed by atoms with van der Waals surface area (Å²) in [5.41, 5.74) is -1.98. The lowest BCUT2D eigenvalue weighted by Gasteiger charge is -2.30. The van der Waals surface area contributed by atoms with Crippen molar-refractivity contribution in [3.05, 3.63) is 23.8 Å². The topological polar surface area (TPSA) is 47.6 Å². The molecule has 0 saturated carbocycles. The van der Waals surface area contributed by atoms with E-state index < -0.39 is 23.2 Å². The minimum atomic E-state index is -4.58. The van der Waals surface area contributed by atoms with E-state index >= 15 is 0 Å². The molecule has 0 bridgehead atoms. The van der Waals surface area contributed by atoms with Crippen LogP contribution in [0, 0.1) is 5.92 Å². The van der Waals surface area contributed by atoms with E-state index in [9.17, 15) is 18.0 Å². The van der Waals surface area contributed by atoms with Crippen LogP contribution in [0.3, 0.4) is 0 Å². The van der Waals surface area contributed by atoms with Crippen LogP contribution in [0.4, 0.5) is 18.9 Å². The molecule has 0 fully saturated rings. The lowest BCUT2D eigenvalue weighted by molar-refractivity contribution is -0.141. The van der Waals surface area contributed by atoms with E-state index in [0.717, 1.165) is 6.07 Å². The number of amides is 1. The molecule has 0 aliphatic carbocycles. The first kappa shape index (κ1) is 21.3. The van der Waals surface area contributed by atoms with Crippen LogP contribution in [-0.4, -0.2) is 24.7 Å². The highest BCUT2D eigenvalue weighted by atomic mass is 19.4. The molecule has 0 aliphatic heterocycles.